The Labute approximate surface area is 150 Å². The minimum absolute atomic E-state index is 0. The van der Waals surface area contributed by atoms with E-state index in [1.807, 2.05) is 42.0 Å². The average Bonchev–Trinajstić information content (AvgIpc) is 3.01. The van der Waals surface area contributed by atoms with E-state index in [-0.39, 0.29) is 18.2 Å². The number of hydrogen-bond donors (Lipinski definition) is 0. The first-order valence-corrected chi connectivity index (χ1v) is 7.69. The summed E-state index contributed by atoms with van der Waals surface area (Å²) >= 11 is 0. The summed E-state index contributed by atoms with van der Waals surface area (Å²) in [7, 11) is 0. The quantitative estimate of drug-likeness (QED) is 0.547. The van der Waals surface area contributed by atoms with Crippen LogP contribution in [0, 0.1) is 12.7 Å². The maximum Gasteiger partial charge on any atom is 0.131 e. The van der Waals surface area contributed by atoms with Gasteiger partial charge in [-0.15, -0.1) is 12.4 Å². The van der Waals surface area contributed by atoms with E-state index in [9.17, 15) is 4.39 Å². The lowest BCUT2D eigenvalue weighted by molar-refractivity contribution is 0.640. The highest BCUT2D eigenvalue weighted by Crippen LogP contribution is 2.30. The molecule has 2 heterocycles. The van der Waals surface area contributed by atoms with Crippen LogP contribution in [-0.4, -0.2) is 19.7 Å². The lowest BCUT2D eigenvalue weighted by Crippen LogP contribution is -2.04. The molecule has 0 aliphatic heterocycles. The fourth-order valence-electron chi connectivity index (χ4n) is 2.89. The Morgan fingerprint density at radius 2 is 1.88 bits per heavy atom. The van der Waals surface area contributed by atoms with E-state index >= 15 is 0 Å². The predicted molar refractivity (Wildman–Crippen MR) is 98.2 cm³/mol. The number of benzene rings is 2. The normalized spacial score (nSPS) is 10.6. The SMILES string of the molecule is Cc1nccn1Cc1cc(-c2ccc(F)c3ccccc23)cnn1.Cl. The summed E-state index contributed by atoms with van der Waals surface area (Å²) < 4.78 is 16.0. The van der Waals surface area contributed by atoms with Crippen LogP contribution in [0.1, 0.15) is 11.5 Å². The highest BCUT2D eigenvalue weighted by molar-refractivity contribution is 5.96. The third-order valence-corrected chi connectivity index (χ3v) is 4.14. The molecule has 0 fully saturated rings. The van der Waals surface area contributed by atoms with Gasteiger partial charge in [0, 0.05) is 23.3 Å². The second-order valence-electron chi connectivity index (χ2n) is 5.68. The number of hydrogen-bond acceptors (Lipinski definition) is 3. The van der Waals surface area contributed by atoms with Gasteiger partial charge in [-0.1, -0.05) is 30.3 Å². The van der Waals surface area contributed by atoms with Crippen LogP contribution in [-0.2, 0) is 6.54 Å². The lowest BCUT2D eigenvalue weighted by Gasteiger charge is -2.09. The number of nitrogens with zero attached hydrogens (tertiary/aromatic N) is 4. The second-order valence-corrected chi connectivity index (χ2v) is 5.68. The molecule has 126 valence electrons. The van der Waals surface area contributed by atoms with Crippen molar-refractivity contribution in [1.29, 1.82) is 0 Å². The number of aryl methyl sites for hydroxylation is 1. The van der Waals surface area contributed by atoms with Gasteiger partial charge in [0.15, 0.2) is 0 Å². The first kappa shape index (κ1) is 17.0. The number of imidazole rings is 1. The highest BCUT2D eigenvalue weighted by Gasteiger charge is 2.09. The van der Waals surface area contributed by atoms with Crippen molar-refractivity contribution in [1.82, 2.24) is 19.7 Å². The zero-order valence-electron chi connectivity index (χ0n) is 13.6. The van der Waals surface area contributed by atoms with E-state index in [2.05, 4.69) is 15.2 Å². The summed E-state index contributed by atoms with van der Waals surface area (Å²) in [5, 5.41) is 9.81. The van der Waals surface area contributed by atoms with E-state index in [0.29, 0.717) is 11.9 Å². The van der Waals surface area contributed by atoms with Crippen molar-refractivity contribution in [2.45, 2.75) is 13.5 Å². The minimum Gasteiger partial charge on any atom is -0.329 e. The van der Waals surface area contributed by atoms with Gasteiger partial charge >= 0.3 is 0 Å². The Morgan fingerprint density at radius 1 is 1.08 bits per heavy atom. The van der Waals surface area contributed by atoms with Gasteiger partial charge in [0.05, 0.1) is 18.4 Å². The second kappa shape index (κ2) is 6.99. The Morgan fingerprint density at radius 3 is 2.64 bits per heavy atom. The fourth-order valence-corrected chi connectivity index (χ4v) is 2.89. The summed E-state index contributed by atoms with van der Waals surface area (Å²) in [4.78, 5) is 4.22. The van der Waals surface area contributed by atoms with E-state index < -0.39 is 0 Å². The third kappa shape index (κ3) is 3.23. The molecule has 0 spiro atoms. The molecule has 4 rings (SSSR count). The molecule has 0 N–H and O–H groups in total. The van der Waals surface area contributed by atoms with Crippen LogP contribution >= 0.6 is 12.4 Å². The van der Waals surface area contributed by atoms with Crippen LogP contribution < -0.4 is 0 Å². The molecule has 4 aromatic rings. The Hall–Kier alpha value is -2.79. The third-order valence-electron chi connectivity index (χ3n) is 4.14. The van der Waals surface area contributed by atoms with Crippen molar-refractivity contribution in [3.8, 4) is 11.1 Å². The van der Waals surface area contributed by atoms with Gasteiger partial charge in [-0.05, 0) is 30.0 Å². The van der Waals surface area contributed by atoms with E-state index in [0.717, 1.165) is 28.0 Å². The van der Waals surface area contributed by atoms with Gasteiger partial charge in [0.1, 0.15) is 11.6 Å². The fraction of sp³-hybridized carbons (Fsp3) is 0.105. The summed E-state index contributed by atoms with van der Waals surface area (Å²) in [6.45, 7) is 2.55. The van der Waals surface area contributed by atoms with Crippen LogP contribution in [0.25, 0.3) is 21.9 Å². The van der Waals surface area contributed by atoms with Crippen LogP contribution in [0.3, 0.4) is 0 Å². The summed E-state index contributed by atoms with van der Waals surface area (Å²) in [5.41, 5.74) is 2.71. The Balaban J connectivity index is 0.00000182. The van der Waals surface area contributed by atoms with Crippen LogP contribution in [0.2, 0.25) is 0 Å². The maximum absolute atomic E-state index is 14.0. The van der Waals surface area contributed by atoms with Crippen LogP contribution in [0.4, 0.5) is 4.39 Å². The molecule has 0 bridgehead atoms. The van der Waals surface area contributed by atoms with Gasteiger partial charge in [-0.2, -0.15) is 10.2 Å². The van der Waals surface area contributed by atoms with E-state index in [1.54, 1.807) is 24.5 Å². The molecule has 0 saturated heterocycles. The molecule has 0 aliphatic carbocycles. The first-order chi connectivity index (χ1) is 11.7. The average molecular weight is 355 g/mol. The number of fused-ring (bicyclic) bond motifs is 1. The molecule has 0 unspecified atom stereocenters. The minimum atomic E-state index is -0.217. The molecule has 0 aliphatic rings. The van der Waals surface area contributed by atoms with E-state index in [1.165, 1.54) is 6.07 Å². The highest BCUT2D eigenvalue weighted by atomic mass is 35.5. The zero-order valence-corrected chi connectivity index (χ0v) is 14.4. The van der Waals surface area contributed by atoms with Crippen molar-refractivity contribution >= 4 is 23.2 Å². The first-order valence-electron chi connectivity index (χ1n) is 7.69. The largest absolute Gasteiger partial charge is 0.329 e. The van der Waals surface area contributed by atoms with Crippen LogP contribution in [0.15, 0.2) is 61.1 Å². The number of rotatable bonds is 3. The Bertz CT molecular complexity index is 1030. The summed E-state index contributed by atoms with van der Waals surface area (Å²) in [6.07, 6.45) is 5.39. The van der Waals surface area contributed by atoms with E-state index in [4.69, 9.17) is 0 Å². The lowest BCUT2D eigenvalue weighted by atomic mass is 9.99. The van der Waals surface area contributed by atoms with Gasteiger partial charge in [-0.25, -0.2) is 9.37 Å². The van der Waals surface area contributed by atoms with Crippen molar-refractivity contribution in [2.24, 2.45) is 0 Å². The number of halogens is 2. The zero-order chi connectivity index (χ0) is 16.5. The molecule has 4 nitrogen and oxygen atoms in total. The summed E-state index contributed by atoms with van der Waals surface area (Å²) in [6, 6.07) is 12.8. The Kier molecular flexibility index (Phi) is 4.76. The molecule has 0 saturated carbocycles. The van der Waals surface area contributed by atoms with Gasteiger partial charge < -0.3 is 4.57 Å². The topological polar surface area (TPSA) is 43.6 Å². The smallest absolute Gasteiger partial charge is 0.131 e. The van der Waals surface area contributed by atoms with Crippen molar-refractivity contribution < 1.29 is 4.39 Å². The molecule has 2 aromatic heterocycles. The number of aromatic nitrogens is 4. The molecule has 6 heteroatoms. The monoisotopic (exact) mass is 354 g/mol. The molecule has 0 amide bonds. The summed E-state index contributed by atoms with van der Waals surface area (Å²) in [5.74, 6) is 0.708. The van der Waals surface area contributed by atoms with Crippen molar-refractivity contribution in [3.05, 3.63) is 78.4 Å². The van der Waals surface area contributed by atoms with Gasteiger partial charge in [0.2, 0.25) is 0 Å². The van der Waals surface area contributed by atoms with Gasteiger partial charge in [-0.3, -0.25) is 0 Å². The molecule has 2 aromatic carbocycles. The molecule has 25 heavy (non-hydrogen) atoms. The van der Waals surface area contributed by atoms with Gasteiger partial charge in [0.25, 0.3) is 0 Å². The maximum atomic E-state index is 14.0. The standard InChI is InChI=1S/C19H15FN4.ClH/c1-13-21-8-9-24(13)12-15-10-14(11-22-23-15)16-6-7-19(20)18-5-3-2-4-17(16)18;/h2-11H,12H2,1H3;1H. The van der Waals surface area contributed by atoms with Crippen molar-refractivity contribution in [2.75, 3.05) is 0 Å². The molecular weight excluding hydrogens is 339 g/mol. The van der Waals surface area contributed by atoms with Crippen LogP contribution in [0.5, 0.6) is 0 Å². The van der Waals surface area contributed by atoms with Crippen molar-refractivity contribution in [3.63, 3.8) is 0 Å². The molecular formula is C19H16ClFN4. The predicted octanol–water partition coefficient (Wildman–Crippen LogP) is 4.41. The molecule has 0 atom stereocenters. The molecule has 0 radical (unpaired) electrons.